The maximum atomic E-state index is 12.4. The van der Waals surface area contributed by atoms with Crippen molar-refractivity contribution in [3.63, 3.8) is 0 Å². The second kappa shape index (κ2) is 5.44. The minimum Gasteiger partial charge on any atom is -0.313 e. The summed E-state index contributed by atoms with van der Waals surface area (Å²) in [7, 11) is 1.51. The molecule has 0 aliphatic rings. The summed E-state index contributed by atoms with van der Waals surface area (Å²) < 4.78 is 38.9. The van der Waals surface area contributed by atoms with Crippen molar-refractivity contribution in [2.24, 2.45) is 0 Å². The third-order valence-corrected chi connectivity index (χ3v) is 2.81. The van der Waals surface area contributed by atoms with Gasteiger partial charge in [-0.3, -0.25) is 0 Å². The summed E-state index contributed by atoms with van der Waals surface area (Å²) in [5.74, 6) is 0. The summed E-state index contributed by atoms with van der Waals surface area (Å²) in [6.45, 7) is 0. The Kier molecular flexibility index (Phi) is 3.90. The molecule has 102 valence electrons. The fourth-order valence-corrected chi connectivity index (χ4v) is 1.86. The van der Waals surface area contributed by atoms with Gasteiger partial charge in [0.15, 0.2) is 0 Å². The molecule has 1 aromatic heterocycles. The minimum atomic E-state index is -4.21. The van der Waals surface area contributed by atoms with Crippen molar-refractivity contribution in [3.05, 3.63) is 48.3 Å². The molecule has 19 heavy (non-hydrogen) atoms. The van der Waals surface area contributed by atoms with Gasteiger partial charge in [0.2, 0.25) is 0 Å². The lowest BCUT2D eigenvalue weighted by atomic mass is 10.1. The number of nitrogens with zero attached hydrogens (tertiary/aromatic N) is 2. The maximum Gasteiger partial charge on any atom is 0.390 e. The van der Waals surface area contributed by atoms with Gasteiger partial charge in [-0.15, -0.1) is 0 Å². The zero-order chi connectivity index (χ0) is 13.9. The fraction of sp³-hybridized carbons (Fsp3) is 0.308. The number of aromatic nitrogens is 2. The molecule has 0 aliphatic carbocycles. The Balaban J connectivity index is 2.20. The third kappa shape index (κ3) is 3.57. The van der Waals surface area contributed by atoms with Crippen LogP contribution in [0.1, 0.15) is 18.0 Å². The first-order valence-corrected chi connectivity index (χ1v) is 5.83. The molecule has 0 amide bonds. The summed E-state index contributed by atoms with van der Waals surface area (Å²) in [6.07, 6.45) is -2.05. The molecule has 0 aliphatic heterocycles. The average molecular weight is 269 g/mol. The number of alkyl halides is 3. The second-order valence-corrected chi connectivity index (χ2v) is 4.21. The van der Waals surface area contributed by atoms with Crippen LogP contribution in [0.2, 0.25) is 0 Å². The number of hydrogen-bond donors (Lipinski definition) is 1. The van der Waals surface area contributed by atoms with Crippen LogP contribution in [0.4, 0.5) is 13.2 Å². The van der Waals surface area contributed by atoms with Crippen molar-refractivity contribution < 1.29 is 13.2 Å². The van der Waals surface area contributed by atoms with Crippen molar-refractivity contribution >= 4 is 0 Å². The van der Waals surface area contributed by atoms with Gasteiger partial charge in [0.05, 0.1) is 18.3 Å². The SMILES string of the molecule is CNC(CC(F)(F)F)c1cnn(-c2ccccc2)c1. The molecule has 2 aromatic rings. The lowest BCUT2D eigenvalue weighted by Gasteiger charge is -2.16. The van der Waals surface area contributed by atoms with Crippen molar-refractivity contribution in [2.45, 2.75) is 18.6 Å². The molecule has 0 saturated carbocycles. The van der Waals surface area contributed by atoms with Gasteiger partial charge < -0.3 is 5.32 Å². The van der Waals surface area contributed by atoms with E-state index in [1.54, 1.807) is 10.9 Å². The van der Waals surface area contributed by atoms with E-state index in [0.29, 0.717) is 5.56 Å². The van der Waals surface area contributed by atoms with Crippen LogP contribution in [0.3, 0.4) is 0 Å². The van der Waals surface area contributed by atoms with Crippen molar-refractivity contribution in [3.8, 4) is 5.69 Å². The molecule has 1 unspecified atom stereocenters. The van der Waals surface area contributed by atoms with Crippen LogP contribution < -0.4 is 5.32 Å². The summed E-state index contributed by atoms with van der Waals surface area (Å²) in [6, 6.07) is 8.47. The summed E-state index contributed by atoms with van der Waals surface area (Å²) in [4.78, 5) is 0. The van der Waals surface area contributed by atoms with Crippen LogP contribution in [-0.4, -0.2) is 23.0 Å². The van der Waals surface area contributed by atoms with Gasteiger partial charge in [-0.05, 0) is 19.2 Å². The summed E-state index contributed by atoms with van der Waals surface area (Å²) in [5, 5.41) is 6.76. The first-order valence-electron chi connectivity index (χ1n) is 5.83. The first-order chi connectivity index (χ1) is 8.99. The van der Waals surface area contributed by atoms with E-state index >= 15 is 0 Å². The Morgan fingerprint density at radius 2 is 1.95 bits per heavy atom. The maximum absolute atomic E-state index is 12.4. The number of para-hydroxylation sites is 1. The van der Waals surface area contributed by atoms with Crippen LogP contribution in [0, 0.1) is 0 Å². The van der Waals surface area contributed by atoms with E-state index in [1.807, 2.05) is 30.3 Å². The van der Waals surface area contributed by atoms with Gasteiger partial charge >= 0.3 is 6.18 Å². The predicted octanol–water partition coefficient (Wildman–Crippen LogP) is 3.09. The Hall–Kier alpha value is -1.82. The van der Waals surface area contributed by atoms with Gasteiger partial charge in [-0.25, -0.2) is 4.68 Å². The highest BCUT2D eigenvalue weighted by molar-refractivity contribution is 5.31. The zero-order valence-electron chi connectivity index (χ0n) is 10.4. The van der Waals surface area contributed by atoms with E-state index in [4.69, 9.17) is 0 Å². The van der Waals surface area contributed by atoms with Crippen LogP contribution in [0.15, 0.2) is 42.7 Å². The molecule has 0 fully saturated rings. The average Bonchev–Trinajstić information content (AvgIpc) is 2.85. The first kappa shape index (κ1) is 13.6. The van der Waals surface area contributed by atoms with Crippen LogP contribution in [0.25, 0.3) is 5.69 Å². The number of halogens is 3. The highest BCUT2D eigenvalue weighted by Crippen LogP contribution is 2.29. The molecule has 0 spiro atoms. The third-order valence-electron chi connectivity index (χ3n) is 2.81. The molecule has 6 heteroatoms. The van der Waals surface area contributed by atoms with Crippen LogP contribution in [0.5, 0.6) is 0 Å². The zero-order valence-corrected chi connectivity index (χ0v) is 10.4. The van der Waals surface area contributed by atoms with Crippen molar-refractivity contribution in [2.75, 3.05) is 7.05 Å². The van der Waals surface area contributed by atoms with Crippen LogP contribution in [-0.2, 0) is 0 Å². The number of benzene rings is 1. The normalized spacial score (nSPS) is 13.5. The summed E-state index contributed by atoms with van der Waals surface area (Å²) in [5.41, 5.74) is 1.33. The number of rotatable bonds is 4. The molecule has 1 atom stereocenters. The van der Waals surface area contributed by atoms with Gasteiger partial charge in [0.25, 0.3) is 0 Å². The van der Waals surface area contributed by atoms with E-state index in [1.165, 1.54) is 13.2 Å². The lowest BCUT2D eigenvalue weighted by Crippen LogP contribution is -2.23. The molecule has 3 nitrogen and oxygen atoms in total. The Morgan fingerprint density at radius 3 is 2.53 bits per heavy atom. The van der Waals surface area contributed by atoms with Gasteiger partial charge in [-0.1, -0.05) is 18.2 Å². The van der Waals surface area contributed by atoms with Gasteiger partial charge in [-0.2, -0.15) is 18.3 Å². The van der Waals surface area contributed by atoms with E-state index in [2.05, 4.69) is 10.4 Å². The number of nitrogens with one attached hydrogen (secondary N) is 1. The van der Waals surface area contributed by atoms with Crippen LogP contribution >= 0.6 is 0 Å². The Morgan fingerprint density at radius 1 is 1.26 bits per heavy atom. The molecule has 2 rings (SSSR count). The van der Waals surface area contributed by atoms with Gasteiger partial charge in [0.1, 0.15) is 0 Å². The standard InChI is InChI=1S/C13H14F3N3/c1-17-12(7-13(14,15)16)10-8-18-19(9-10)11-5-3-2-4-6-11/h2-6,8-9,12,17H,7H2,1H3. The van der Waals surface area contributed by atoms with Crippen molar-refractivity contribution in [1.29, 1.82) is 0 Å². The second-order valence-electron chi connectivity index (χ2n) is 4.21. The molecular weight excluding hydrogens is 255 g/mol. The number of hydrogen-bond acceptors (Lipinski definition) is 2. The Bertz CT molecular complexity index is 519. The minimum absolute atomic E-state index is 0.517. The highest BCUT2D eigenvalue weighted by atomic mass is 19.4. The van der Waals surface area contributed by atoms with E-state index in [-0.39, 0.29) is 0 Å². The largest absolute Gasteiger partial charge is 0.390 e. The fourth-order valence-electron chi connectivity index (χ4n) is 1.86. The van der Waals surface area contributed by atoms with E-state index < -0.39 is 18.6 Å². The van der Waals surface area contributed by atoms with E-state index in [0.717, 1.165) is 5.69 Å². The molecule has 0 bridgehead atoms. The topological polar surface area (TPSA) is 29.9 Å². The molecule has 1 N–H and O–H groups in total. The Labute approximate surface area is 109 Å². The molecule has 1 aromatic carbocycles. The summed E-state index contributed by atoms with van der Waals surface area (Å²) >= 11 is 0. The molecular formula is C13H14F3N3. The lowest BCUT2D eigenvalue weighted by molar-refractivity contribution is -0.140. The molecule has 0 radical (unpaired) electrons. The van der Waals surface area contributed by atoms with Gasteiger partial charge in [0, 0.05) is 17.8 Å². The van der Waals surface area contributed by atoms with Crippen molar-refractivity contribution in [1.82, 2.24) is 15.1 Å². The van der Waals surface area contributed by atoms with E-state index in [9.17, 15) is 13.2 Å². The molecule has 0 saturated heterocycles. The predicted molar refractivity (Wildman–Crippen MR) is 66.0 cm³/mol. The quantitative estimate of drug-likeness (QED) is 0.924. The smallest absolute Gasteiger partial charge is 0.313 e. The highest BCUT2D eigenvalue weighted by Gasteiger charge is 2.32. The molecule has 1 heterocycles. The monoisotopic (exact) mass is 269 g/mol.